The summed E-state index contributed by atoms with van der Waals surface area (Å²) in [5, 5.41) is 3.40. The average molecular weight is 554 g/mol. The molecular formula is C22H30Cl2NO5PS2. The van der Waals surface area contributed by atoms with Crippen molar-refractivity contribution in [1.29, 1.82) is 0 Å². The van der Waals surface area contributed by atoms with Crippen molar-refractivity contribution in [2.75, 3.05) is 19.4 Å². The number of benzene rings is 2. The Morgan fingerprint density at radius 3 is 2.33 bits per heavy atom. The molecule has 33 heavy (non-hydrogen) atoms. The van der Waals surface area contributed by atoms with E-state index in [0.717, 1.165) is 12.2 Å². The van der Waals surface area contributed by atoms with Gasteiger partial charge in [0.05, 0.1) is 17.7 Å². The van der Waals surface area contributed by atoms with Crippen LogP contribution < -0.4 is 19.3 Å². The van der Waals surface area contributed by atoms with Crippen LogP contribution in [0.2, 0.25) is 10.0 Å². The third kappa shape index (κ3) is 11.7. The van der Waals surface area contributed by atoms with Crippen LogP contribution in [0.5, 0.6) is 17.2 Å². The minimum atomic E-state index is -2.38. The minimum absolute atomic E-state index is 0.0411. The molecule has 0 bridgehead atoms. The van der Waals surface area contributed by atoms with E-state index in [9.17, 15) is 4.79 Å². The molecule has 184 valence electrons. The largest absolute Gasteiger partial charge is 0.487 e. The highest BCUT2D eigenvalue weighted by atomic mass is 35.5. The summed E-state index contributed by atoms with van der Waals surface area (Å²) in [7, 11) is 1.51. The zero-order chi connectivity index (χ0) is 24.9. The van der Waals surface area contributed by atoms with Crippen LogP contribution in [0.25, 0.3) is 0 Å². The molecule has 6 nitrogen and oxygen atoms in total. The Kier molecular flexibility index (Phi) is 14.2. The first-order valence-corrected chi connectivity index (χ1v) is 15.3. The number of hydrogen-bond donors (Lipinski definition) is 1. The lowest BCUT2D eigenvalue weighted by molar-refractivity contribution is 0.194. The summed E-state index contributed by atoms with van der Waals surface area (Å²) in [6, 6.07) is 12.1. The molecule has 0 aromatic heterocycles. The van der Waals surface area contributed by atoms with E-state index in [1.807, 2.05) is 26.8 Å². The van der Waals surface area contributed by atoms with E-state index in [1.165, 1.54) is 7.05 Å². The van der Waals surface area contributed by atoms with Crippen LogP contribution in [-0.4, -0.2) is 31.6 Å². The third-order valence-corrected chi connectivity index (χ3v) is 9.42. The normalized spacial score (nSPS) is 12.2. The number of para-hydroxylation sites is 2. The highest BCUT2D eigenvalue weighted by Crippen LogP contribution is 2.61. The van der Waals surface area contributed by atoms with Crippen molar-refractivity contribution in [1.82, 2.24) is 5.32 Å². The predicted octanol–water partition coefficient (Wildman–Crippen LogP) is 7.97. The molecule has 2 aromatic rings. The van der Waals surface area contributed by atoms with Crippen molar-refractivity contribution in [3.05, 3.63) is 52.5 Å². The molecule has 0 saturated heterocycles. The van der Waals surface area contributed by atoms with Crippen molar-refractivity contribution in [2.24, 2.45) is 0 Å². The van der Waals surface area contributed by atoms with Gasteiger partial charge in [-0.25, -0.2) is 4.79 Å². The molecule has 2 aromatic carbocycles. The fourth-order valence-electron chi connectivity index (χ4n) is 2.16. The molecule has 0 aliphatic rings. The molecule has 0 fully saturated rings. The summed E-state index contributed by atoms with van der Waals surface area (Å²) < 4.78 is 21.9. The Morgan fingerprint density at radius 2 is 1.79 bits per heavy atom. The molecule has 1 amide bonds. The smallest absolute Gasteiger partial charge is 0.412 e. The van der Waals surface area contributed by atoms with E-state index < -0.39 is 11.8 Å². The van der Waals surface area contributed by atoms with Gasteiger partial charge in [-0.05, 0) is 69.3 Å². The molecule has 0 aliphatic heterocycles. The zero-order valence-electron chi connectivity index (χ0n) is 19.3. The summed E-state index contributed by atoms with van der Waals surface area (Å²) in [6.45, 7) is 8.35. The van der Waals surface area contributed by atoms with E-state index in [2.05, 4.69) is 12.2 Å². The van der Waals surface area contributed by atoms with E-state index in [-0.39, 0.29) is 6.10 Å². The number of hydrogen-bond acceptors (Lipinski definition) is 7. The average Bonchev–Trinajstić information content (AvgIpc) is 2.76. The monoisotopic (exact) mass is 553 g/mol. The van der Waals surface area contributed by atoms with Gasteiger partial charge in [0.1, 0.15) is 5.75 Å². The highest BCUT2D eigenvalue weighted by molar-refractivity contribution is 8.68. The van der Waals surface area contributed by atoms with Gasteiger partial charge in [0.25, 0.3) is 5.69 Å². The lowest BCUT2D eigenvalue weighted by Crippen LogP contribution is -2.22. The number of carbonyl (C=O) groups excluding carboxylic acids is 1. The second-order valence-electron chi connectivity index (χ2n) is 6.62. The molecule has 0 spiro atoms. The molecule has 1 atom stereocenters. The maximum absolute atomic E-state index is 11.0. The first-order valence-electron chi connectivity index (χ1n) is 10.3. The second-order valence-corrected chi connectivity index (χ2v) is 13.8. The van der Waals surface area contributed by atoms with Gasteiger partial charge < -0.3 is 23.8 Å². The molecule has 0 saturated carbocycles. The minimum Gasteiger partial charge on any atom is -0.487 e. The molecule has 1 unspecified atom stereocenters. The predicted molar refractivity (Wildman–Crippen MR) is 143 cm³/mol. The first-order chi connectivity index (χ1) is 15.6. The van der Waals surface area contributed by atoms with Gasteiger partial charge >= 0.3 is 6.09 Å². The van der Waals surface area contributed by atoms with Crippen LogP contribution in [0.1, 0.15) is 34.1 Å². The lowest BCUT2D eigenvalue weighted by Gasteiger charge is -2.21. The standard InChI is InChI=1S/C11H15Cl2O2PS2.C11H15NO3/c1-3-7-18-16(17,14-4-2)15-11-6-5-9(12)8-10(11)13;1-8(2)14-9-6-4-5-7-10(9)15-11(13)12-3/h5-6,8H,3-4,7H2,1-2H3;4-8H,1-3H3,(H,12,13). The van der Waals surface area contributed by atoms with Crippen LogP contribution in [0.4, 0.5) is 4.79 Å². The van der Waals surface area contributed by atoms with Gasteiger partial charge in [-0.2, -0.15) is 0 Å². The third-order valence-electron chi connectivity index (χ3n) is 3.46. The lowest BCUT2D eigenvalue weighted by atomic mass is 10.3. The molecule has 0 aliphatic carbocycles. The molecule has 0 heterocycles. The van der Waals surface area contributed by atoms with Gasteiger partial charge in [-0.15, -0.1) is 0 Å². The van der Waals surface area contributed by atoms with E-state index in [1.54, 1.807) is 47.8 Å². The SMILES string of the molecule is CCCSP(=S)(OCC)Oc1ccc(Cl)cc1Cl.CNC(=O)Oc1ccccc1OC(C)C. The van der Waals surface area contributed by atoms with Crippen molar-refractivity contribution in [2.45, 2.75) is 40.2 Å². The van der Waals surface area contributed by atoms with Crippen molar-refractivity contribution in [3.8, 4) is 17.2 Å². The Hall–Kier alpha value is -1.15. The van der Waals surface area contributed by atoms with Crippen LogP contribution in [0, 0.1) is 0 Å². The number of amides is 1. The summed E-state index contributed by atoms with van der Waals surface area (Å²) >= 11 is 18.9. The van der Waals surface area contributed by atoms with E-state index >= 15 is 0 Å². The van der Waals surface area contributed by atoms with Gasteiger partial charge in [-0.3, -0.25) is 0 Å². The summed E-state index contributed by atoms with van der Waals surface area (Å²) in [5.41, 5.74) is -2.38. The fraction of sp³-hybridized carbons (Fsp3) is 0.409. The molecule has 2 rings (SSSR count). The van der Waals surface area contributed by atoms with Gasteiger partial charge in [0.15, 0.2) is 11.5 Å². The maximum atomic E-state index is 11.0. The Labute approximate surface area is 215 Å². The van der Waals surface area contributed by atoms with Gasteiger partial charge in [-0.1, -0.05) is 53.6 Å². The van der Waals surface area contributed by atoms with Crippen LogP contribution in [0.15, 0.2) is 42.5 Å². The quantitative estimate of drug-likeness (QED) is 0.299. The Balaban J connectivity index is 0.000000335. The summed E-state index contributed by atoms with van der Waals surface area (Å²) in [5.74, 6) is 2.42. The van der Waals surface area contributed by atoms with Gasteiger partial charge in [0.2, 0.25) is 0 Å². The topological polar surface area (TPSA) is 66.0 Å². The molecule has 1 N–H and O–H groups in total. The molecular weight excluding hydrogens is 524 g/mol. The Morgan fingerprint density at radius 1 is 1.12 bits per heavy atom. The Bertz CT molecular complexity index is 933. The second kappa shape index (κ2) is 15.7. The van der Waals surface area contributed by atoms with Gasteiger partial charge in [0, 0.05) is 17.8 Å². The molecule has 11 heteroatoms. The van der Waals surface area contributed by atoms with E-state index in [4.69, 9.17) is 53.5 Å². The summed E-state index contributed by atoms with van der Waals surface area (Å²) in [6.07, 6.45) is 0.558. The van der Waals surface area contributed by atoms with Crippen LogP contribution >= 0.6 is 40.3 Å². The van der Waals surface area contributed by atoms with E-state index in [0.29, 0.717) is 33.9 Å². The number of nitrogens with one attached hydrogen (secondary N) is 1. The van der Waals surface area contributed by atoms with Crippen molar-refractivity contribution >= 4 is 58.2 Å². The van der Waals surface area contributed by atoms with Crippen LogP contribution in [0.3, 0.4) is 0 Å². The van der Waals surface area contributed by atoms with Crippen molar-refractivity contribution < 1.29 is 23.3 Å². The number of halogens is 2. The summed E-state index contributed by atoms with van der Waals surface area (Å²) in [4.78, 5) is 11.0. The number of rotatable bonds is 10. The number of ether oxygens (including phenoxy) is 2. The fourth-order valence-corrected chi connectivity index (χ4v) is 7.35. The highest BCUT2D eigenvalue weighted by Gasteiger charge is 2.22. The zero-order valence-corrected chi connectivity index (χ0v) is 23.3. The molecule has 0 radical (unpaired) electrons. The maximum Gasteiger partial charge on any atom is 0.412 e. The first kappa shape index (κ1) is 29.9. The van der Waals surface area contributed by atoms with Crippen molar-refractivity contribution in [3.63, 3.8) is 0 Å². The number of carbonyl (C=O) groups is 1. The van der Waals surface area contributed by atoms with Crippen LogP contribution in [-0.2, 0) is 16.3 Å².